The summed E-state index contributed by atoms with van der Waals surface area (Å²) in [5.74, 6) is -0.313. The monoisotopic (exact) mass is 236 g/mol. The predicted octanol–water partition coefficient (Wildman–Crippen LogP) is 3.28. The van der Waals surface area contributed by atoms with Crippen molar-refractivity contribution < 1.29 is 13.9 Å². The van der Waals surface area contributed by atoms with Crippen LogP contribution in [0, 0.1) is 12.7 Å². The zero-order valence-corrected chi connectivity index (χ0v) is 10.3. The van der Waals surface area contributed by atoms with E-state index < -0.39 is 5.60 Å². The highest BCUT2D eigenvalue weighted by Gasteiger charge is 2.41. The molecule has 0 amide bonds. The van der Waals surface area contributed by atoms with Crippen LogP contribution in [0.3, 0.4) is 0 Å². The standard InChI is InChI=1S/C14H17FO2/c1-10-9-11(15)5-6-12(10)13(16)14(17-2)7-3-4-8-14/h5-6,9H,3-4,7-8H2,1-2H3. The third-order valence-corrected chi connectivity index (χ3v) is 3.65. The first kappa shape index (κ1) is 12.2. The van der Waals surface area contributed by atoms with Crippen LogP contribution in [0.5, 0.6) is 0 Å². The normalized spacial score (nSPS) is 18.3. The summed E-state index contributed by atoms with van der Waals surface area (Å²) in [6.45, 7) is 1.76. The molecule has 1 aromatic rings. The van der Waals surface area contributed by atoms with Gasteiger partial charge in [0.1, 0.15) is 11.4 Å². The maximum atomic E-state index is 13.0. The highest BCUT2D eigenvalue weighted by atomic mass is 19.1. The van der Waals surface area contributed by atoms with Gasteiger partial charge in [0.05, 0.1) is 0 Å². The van der Waals surface area contributed by atoms with Crippen molar-refractivity contribution in [2.75, 3.05) is 7.11 Å². The second-order valence-electron chi connectivity index (χ2n) is 4.69. The minimum atomic E-state index is -0.678. The van der Waals surface area contributed by atoms with Crippen molar-refractivity contribution in [1.29, 1.82) is 0 Å². The zero-order valence-electron chi connectivity index (χ0n) is 10.3. The molecule has 0 aromatic heterocycles. The fraction of sp³-hybridized carbons (Fsp3) is 0.500. The van der Waals surface area contributed by atoms with Crippen molar-refractivity contribution in [2.45, 2.75) is 38.2 Å². The first-order valence-electron chi connectivity index (χ1n) is 5.95. The molecule has 0 heterocycles. The Morgan fingerprint density at radius 1 is 1.35 bits per heavy atom. The molecule has 0 unspecified atom stereocenters. The Morgan fingerprint density at radius 3 is 2.53 bits per heavy atom. The van der Waals surface area contributed by atoms with Gasteiger partial charge in [0.15, 0.2) is 5.78 Å². The van der Waals surface area contributed by atoms with Crippen LogP contribution in [-0.4, -0.2) is 18.5 Å². The Bertz CT molecular complexity index is 434. The second-order valence-corrected chi connectivity index (χ2v) is 4.69. The summed E-state index contributed by atoms with van der Waals surface area (Å²) in [7, 11) is 1.59. The number of methoxy groups -OCH3 is 1. The minimum absolute atomic E-state index is 0.00463. The van der Waals surface area contributed by atoms with Crippen LogP contribution >= 0.6 is 0 Å². The second kappa shape index (κ2) is 4.57. The van der Waals surface area contributed by atoms with Crippen molar-refractivity contribution in [3.63, 3.8) is 0 Å². The van der Waals surface area contributed by atoms with Crippen LogP contribution < -0.4 is 0 Å². The molecule has 1 aromatic carbocycles. The van der Waals surface area contributed by atoms with Crippen molar-refractivity contribution in [3.05, 3.63) is 35.1 Å². The number of benzene rings is 1. The third-order valence-electron chi connectivity index (χ3n) is 3.65. The highest BCUT2D eigenvalue weighted by Crippen LogP contribution is 2.36. The van der Waals surface area contributed by atoms with E-state index in [0.717, 1.165) is 25.7 Å². The molecule has 1 aliphatic carbocycles. The lowest BCUT2D eigenvalue weighted by Crippen LogP contribution is -2.38. The number of ketones is 1. The molecule has 0 atom stereocenters. The van der Waals surface area contributed by atoms with Crippen molar-refractivity contribution >= 4 is 5.78 Å². The number of rotatable bonds is 3. The van der Waals surface area contributed by atoms with Crippen LogP contribution in [-0.2, 0) is 4.74 Å². The quantitative estimate of drug-likeness (QED) is 0.753. The summed E-state index contributed by atoms with van der Waals surface area (Å²) >= 11 is 0. The van der Waals surface area contributed by atoms with E-state index in [9.17, 15) is 9.18 Å². The average molecular weight is 236 g/mol. The van der Waals surface area contributed by atoms with E-state index in [1.54, 1.807) is 20.1 Å². The van der Waals surface area contributed by atoms with Crippen LogP contribution in [0.4, 0.5) is 4.39 Å². The van der Waals surface area contributed by atoms with Gasteiger partial charge in [0.2, 0.25) is 0 Å². The molecule has 2 nitrogen and oxygen atoms in total. The van der Waals surface area contributed by atoms with Crippen molar-refractivity contribution in [1.82, 2.24) is 0 Å². The number of hydrogen-bond donors (Lipinski definition) is 0. The molecule has 2 rings (SSSR count). The molecule has 17 heavy (non-hydrogen) atoms. The molecule has 92 valence electrons. The third kappa shape index (κ3) is 2.12. The summed E-state index contributed by atoms with van der Waals surface area (Å²) in [6.07, 6.45) is 3.55. The summed E-state index contributed by atoms with van der Waals surface area (Å²) < 4.78 is 18.5. The van der Waals surface area contributed by atoms with Gasteiger partial charge in [-0.25, -0.2) is 4.39 Å². The molecule has 0 radical (unpaired) electrons. The van der Waals surface area contributed by atoms with Gasteiger partial charge in [-0.1, -0.05) is 0 Å². The molecule has 1 saturated carbocycles. The number of halogens is 1. The molecule has 3 heteroatoms. The van der Waals surface area contributed by atoms with E-state index in [2.05, 4.69) is 0 Å². The van der Waals surface area contributed by atoms with Crippen LogP contribution in [0.15, 0.2) is 18.2 Å². The Balaban J connectivity index is 2.36. The summed E-state index contributed by atoms with van der Waals surface area (Å²) in [5, 5.41) is 0. The summed E-state index contributed by atoms with van der Waals surface area (Å²) in [6, 6.07) is 4.29. The lowest BCUT2D eigenvalue weighted by Gasteiger charge is -2.26. The fourth-order valence-corrected chi connectivity index (χ4v) is 2.60. The lowest BCUT2D eigenvalue weighted by molar-refractivity contribution is 0.00596. The number of Topliss-reactive ketones (excluding diaryl/α,β-unsaturated/α-hetero) is 1. The molecule has 1 aliphatic rings. The van der Waals surface area contributed by atoms with Gasteiger partial charge < -0.3 is 4.74 Å². The van der Waals surface area contributed by atoms with E-state index in [1.165, 1.54) is 12.1 Å². The number of carbonyl (C=O) groups is 1. The number of aryl methyl sites for hydroxylation is 1. The summed E-state index contributed by atoms with van der Waals surface area (Å²) in [4.78, 5) is 12.5. The Hall–Kier alpha value is -1.22. The fourth-order valence-electron chi connectivity index (χ4n) is 2.60. The number of carbonyl (C=O) groups excluding carboxylic acids is 1. The van der Waals surface area contributed by atoms with E-state index >= 15 is 0 Å². The smallest absolute Gasteiger partial charge is 0.194 e. The van der Waals surface area contributed by atoms with E-state index in [-0.39, 0.29) is 11.6 Å². The molecule has 0 bridgehead atoms. The van der Waals surface area contributed by atoms with Gasteiger partial charge in [-0.2, -0.15) is 0 Å². The first-order valence-corrected chi connectivity index (χ1v) is 5.95. The zero-order chi connectivity index (χ0) is 12.5. The van der Waals surface area contributed by atoms with Gasteiger partial charge in [-0.3, -0.25) is 4.79 Å². The Kier molecular flexibility index (Phi) is 3.29. The van der Waals surface area contributed by atoms with Gasteiger partial charge >= 0.3 is 0 Å². The molecule has 1 fully saturated rings. The average Bonchev–Trinajstić information content (AvgIpc) is 2.78. The van der Waals surface area contributed by atoms with E-state index in [0.29, 0.717) is 11.1 Å². The van der Waals surface area contributed by atoms with E-state index in [4.69, 9.17) is 4.74 Å². The topological polar surface area (TPSA) is 26.3 Å². The molecule has 0 aliphatic heterocycles. The van der Waals surface area contributed by atoms with Crippen molar-refractivity contribution in [3.8, 4) is 0 Å². The number of ether oxygens (including phenoxy) is 1. The van der Waals surface area contributed by atoms with Crippen LogP contribution in [0.1, 0.15) is 41.6 Å². The lowest BCUT2D eigenvalue weighted by atomic mass is 9.89. The largest absolute Gasteiger partial charge is 0.370 e. The molecular formula is C14H17FO2. The summed E-state index contributed by atoms with van der Waals surface area (Å²) in [5.41, 5.74) is 0.580. The van der Waals surface area contributed by atoms with Crippen LogP contribution in [0.2, 0.25) is 0 Å². The van der Waals surface area contributed by atoms with Gasteiger partial charge in [-0.15, -0.1) is 0 Å². The molecule has 0 spiro atoms. The van der Waals surface area contributed by atoms with Crippen LogP contribution in [0.25, 0.3) is 0 Å². The SMILES string of the molecule is COC1(C(=O)c2ccc(F)cc2C)CCCC1. The molecule has 0 N–H and O–H groups in total. The van der Waals surface area contributed by atoms with Gasteiger partial charge in [0.25, 0.3) is 0 Å². The maximum Gasteiger partial charge on any atom is 0.194 e. The van der Waals surface area contributed by atoms with Gasteiger partial charge in [0, 0.05) is 12.7 Å². The first-order chi connectivity index (χ1) is 8.09. The Morgan fingerprint density at radius 2 is 2.00 bits per heavy atom. The maximum absolute atomic E-state index is 13.0. The van der Waals surface area contributed by atoms with Gasteiger partial charge in [-0.05, 0) is 56.4 Å². The molecule has 0 saturated heterocycles. The van der Waals surface area contributed by atoms with Crippen molar-refractivity contribution in [2.24, 2.45) is 0 Å². The predicted molar refractivity (Wildman–Crippen MR) is 63.7 cm³/mol. The highest BCUT2D eigenvalue weighted by molar-refractivity contribution is 6.03. The Labute approximate surface area is 101 Å². The minimum Gasteiger partial charge on any atom is -0.370 e. The van der Waals surface area contributed by atoms with E-state index in [1.807, 2.05) is 0 Å². The number of hydrogen-bond acceptors (Lipinski definition) is 2. The molecular weight excluding hydrogens is 219 g/mol.